The third-order valence-electron chi connectivity index (χ3n) is 3.61. The monoisotopic (exact) mass is 353 g/mol. The summed E-state index contributed by atoms with van der Waals surface area (Å²) in [6, 6.07) is 4.48. The van der Waals surface area contributed by atoms with Crippen LogP contribution in [0, 0.1) is 0 Å². The second-order valence-electron chi connectivity index (χ2n) is 4.88. The number of hydrogen-bond acceptors (Lipinski definition) is 6. The predicted octanol–water partition coefficient (Wildman–Crippen LogP) is 2.83. The number of rotatable bonds is 3. The Labute approximate surface area is 142 Å². The Bertz CT molecular complexity index is 802. The van der Waals surface area contributed by atoms with Gasteiger partial charge in [-0.05, 0) is 29.0 Å². The van der Waals surface area contributed by atoms with Gasteiger partial charge in [-0.25, -0.2) is 4.79 Å². The fraction of sp³-hybridized carbons (Fsp3) is 0.286. The third-order valence-corrected chi connectivity index (χ3v) is 4.18. The summed E-state index contributed by atoms with van der Waals surface area (Å²) in [5.74, 6) is -0.0305. The van der Waals surface area contributed by atoms with E-state index in [1.807, 2.05) is 6.92 Å². The lowest BCUT2D eigenvalue weighted by Crippen LogP contribution is -2.30. The van der Waals surface area contributed by atoms with Gasteiger partial charge in [0.05, 0.1) is 12.7 Å². The molecule has 0 saturated heterocycles. The molecule has 1 N–H and O–H groups in total. The van der Waals surface area contributed by atoms with Crippen molar-refractivity contribution in [3.63, 3.8) is 0 Å². The molecule has 2 heterocycles. The zero-order chi connectivity index (χ0) is 16.6. The van der Waals surface area contributed by atoms with Gasteiger partial charge in [0.15, 0.2) is 0 Å². The summed E-state index contributed by atoms with van der Waals surface area (Å²) in [4.78, 5) is 12.4. The molecule has 0 spiro atoms. The highest BCUT2D eigenvalue weighted by atomic mass is 35.5. The SMILES string of the molecule is CCC1=C(C(=O)OC)[C@H](c2ccc(Cl)cc2Cl)n2nnnc2N1. The van der Waals surface area contributed by atoms with Crippen LogP contribution >= 0.6 is 23.2 Å². The molecule has 2 aromatic rings. The minimum absolute atomic E-state index is 0.416. The highest BCUT2D eigenvalue weighted by Gasteiger charge is 2.36. The maximum atomic E-state index is 12.4. The maximum Gasteiger partial charge on any atom is 0.338 e. The largest absolute Gasteiger partial charge is 0.466 e. The number of tetrazole rings is 1. The number of benzene rings is 1. The van der Waals surface area contributed by atoms with Crippen LogP contribution in [0.1, 0.15) is 24.9 Å². The van der Waals surface area contributed by atoms with Crippen molar-refractivity contribution in [1.82, 2.24) is 20.2 Å². The number of fused-ring (bicyclic) bond motifs is 1. The molecular formula is C14H13Cl2N5O2. The van der Waals surface area contributed by atoms with Gasteiger partial charge in [-0.15, -0.1) is 0 Å². The number of aromatic nitrogens is 4. The van der Waals surface area contributed by atoms with Gasteiger partial charge < -0.3 is 10.1 Å². The van der Waals surface area contributed by atoms with Gasteiger partial charge >= 0.3 is 5.97 Å². The van der Waals surface area contributed by atoms with E-state index in [-0.39, 0.29) is 0 Å². The van der Waals surface area contributed by atoms with E-state index >= 15 is 0 Å². The number of allylic oxidation sites excluding steroid dienone is 1. The van der Waals surface area contributed by atoms with Gasteiger partial charge in [0.25, 0.3) is 0 Å². The van der Waals surface area contributed by atoms with E-state index in [1.54, 1.807) is 18.2 Å². The summed E-state index contributed by atoms with van der Waals surface area (Å²) >= 11 is 12.3. The highest BCUT2D eigenvalue weighted by Crippen LogP contribution is 2.39. The summed E-state index contributed by atoms with van der Waals surface area (Å²) < 4.78 is 6.44. The first-order valence-electron chi connectivity index (χ1n) is 6.88. The summed E-state index contributed by atoms with van der Waals surface area (Å²) in [6.07, 6.45) is 0.582. The molecule has 120 valence electrons. The second kappa shape index (κ2) is 6.17. The Morgan fingerprint density at radius 3 is 2.87 bits per heavy atom. The van der Waals surface area contributed by atoms with E-state index in [9.17, 15) is 4.79 Å². The van der Waals surface area contributed by atoms with Crippen molar-refractivity contribution in [3.8, 4) is 0 Å². The van der Waals surface area contributed by atoms with E-state index in [1.165, 1.54) is 11.8 Å². The average molecular weight is 354 g/mol. The summed E-state index contributed by atoms with van der Waals surface area (Å²) in [6.45, 7) is 1.92. The molecule has 0 radical (unpaired) electrons. The zero-order valence-electron chi connectivity index (χ0n) is 12.4. The molecule has 1 atom stereocenters. The number of nitrogens with zero attached hydrogens (tertiary/aromatic N) is 4. The number of carbonyl (C=O) groups excluding carboxylic acids is 1. The van der Waals surface area contributed by atoms with Gasteiger partial charge in [0.1, 0.15) is 6.04 Å². The lowest BCUT2D eigenvalue weighted by atomic mass is 9.94. The number of ether oxygens (including phenoxy) is 1. The second-order valence-corrected chi connectivity index (χ2v) is 5.72. The zero-order valence-corrected chi connectivity index (χ0v) is 13.9. The molecule has 3 rings (SSSR count). The van der Waals surface area contributed by atoms with Crippen LogP contribution in [-0.2, 0) is 9.53 Å². The number of anilines is 1. The number of carbonyl (C=O) groups is 1. The molecule has 0 bridgehead atoms. The van der Waals surface area contributed by atoms with Crippen molar-refractivity contribution in [2.24, 2.45) is 0 Å². The Kier molecular flexibility index (Phi) is 4.23. The Hall–Kier alpha value is -2.12. The van der Waals surface area contributed by atoms with Crippen LogP contribution in [0.25, 0.3) is 0 Å². The molecule has 7 nitrogen and oxygen atoms in total. The molecule has 0 unspecified atom stereocenters. The van der Waals surface area contributed by atoms with Gasteiger partial charge in [0, 0.05) is 21.3 Å². The topological polar surface area (TPSA) is 81.9 Å². The molecule has 0 amide bonds. The summed E-state index contributed by atoms with van der Waals surface area (Å²) in [7, 11) is 1.33. The Balaban J connectivity index is 2.24. The lowest BCUT2D eigenvalue weighted by Gasteiger charge is -2.28. The fourth-order valence-corrected chi connectivity index (χ4v) is 3.09. The minimum Gasteiger partial charge on any atom is -0.466 e. The van der Waals surface area contributed by atoms with Gasteiger partial charge in [-0.3, -0.25) is 0 Å². The van der Waals surface area contributed by atoms with Crippen molar-refractivity contribution >= 4 is 35.1 Å². The Morgan fingerprint density at radius 1 is 1.43 bits per heavy atom. The molecule has 1 aromatic carbocycles. The first-order valence-corrected chi connectivity index (χ1v) is 7.63. The van der Waals surface area contributed by atoms with Crippen LogP contribution in [0.4, 0.5) is 5.95 Å². The van der Waals surface area contributed by atoms with Crippen LogP contribution in [0.3, 0.4) is 0 Å². The molecule has 23 heavy (non-hydrogen) atoms. The average Bonchev–Trinajstić information content (AvgIpc) is 3.01. The molecule has 1 aromatic heterocycles. The van der Waals surface area contributed by atoms with E-state index < -0.39 is 12.0 Å². The maximum absolute atomic E-state index is 12.4. The molecule has 0 fully saturated rings. The molecule has 0 saturated carbocycles. The van der Waals surface area contributed by atoms with Crippen molar-refractivity contribution in [2.45, 2.75) is 19.4 Å². The van der Waals surface area contributed by atoms with Crippen molar-refractivity contribution in [3.05, 3.63) is 45.1 Å². The Morgan fingerprint density at radius 2 is 2.22 bits per heavy atom. The summed E-state index contributed by atoms with van der Waals surface area (Å²) in [5.41, 5.74) is 1.77. The van der Waals surface area contributed by atoms with E-state index in [0.717, 1.165) is 0 Å². The molecule has 9 heteroatoms. The van der Waals surface area contributed by atoms with Crippen molar-refractivity contribution < 1.29 is 9.53 Å². The smallest absolute Gasteiger partial charge is 0.338 e. The van der Waals surface area contributed by atoms with Crippen molar-refractivity contribution in [2.75, 3.05) is 12.4 Å². The van der Waals surface area contributed by atoms with Crippen LogP contribution in [0.15, 0.2) is 29.5 Å². The fourth-order valence-electron chi connectivity index (χ4n) is 2.57. The molecule has 1 aliphatic heterocycles. The first kappa shape index (κ1) is 15.8. The van der Waals surface area contributed by atoms with Crippen molar-refractivity contribution in [1.29, 1.82) is 0 Å². The first-order chi connectivity index (χ1) is 11.1. The van der Waals surface area contributed by atoms with E-state index in [4.69, 9.17) is 27.9 Å². The normalized spacial score (nSPS) is 16.8. The standard InChI is InChI=1S/C14H13Cl2N5O2/c1-3-10-11(13(22)23-2)12(21-14(17-10)18-19-20-21)8-5-4-7(15)6-9(8)16/h4-6,12H,3H2,1-2H3,(H,17,18,20)/t12-/m0/s1. The predicted molar refractivity (Wildman–Crippen MR) is 85.4 cm³/mol. The van der Waals surface area contributed by atoms with Gasteiger partial charge in [-0.1, -0.05) is 41.3 Å². The van der Waals surface area contributed by atoms with E-state index in [0.29, 0.717) is 39.2 Å². The highest BCUT2D eigenvalue weighted by molar-refractivity contribution is 6.35. The molecule has 1 aliphatic rings. The summed E-state index contributed by atoms with van der Waals surface area (Å²) in [5, 5.41) is 15.6. The van der Waals surface area contributed by atoms with Crippen LogP contribution < -0.4 is 5.32 Å². The number of hydrogen-bond donors (Lipinski definition) is 1. The van der Waals surface area contributed by atoms with Crippen LogP contribution in [0.5, 0.6) is 0 Å². The van der Waals surface area contributed by atoms with E-state index in [2.05, 4.69) is 20.8 Å². The van der Waals surface area contributed by atoms with Crippen LogP contribution in [-0.4, -0.2) is 33.3 Å². The number of esters is 1. The van der Waals surface area contributed by atoms with Gasteiger partial charge in [0.2, 0.25) is 5.95 Å². The third kappa shape index (κ3) is 2.66. The number of nitrogens with one attached hydrogen (secondary N) is 1. The minimum atomic E-state index is -0.589. The molecule has 0 aliphatic carbocycles. The number of halogens is 2. The van der Waals surface area contributed by atoms with Gasteiger partial charge in [-0.2, -0.15) is 4.68 Å². The molecular weight excluding hydrogens is 341 g/mol. The lowest BCUT2D eigenvalue weighted by molar-refractivity contribution is -0.136. The number of methoxy groups -OCH3 is 1. The van der Waals surface area contributed by atoms with Crippen LogP contribution in [0.2, 0.25) is 10.0 Å². The quantitative estimate of drug-likeness (QED) is 0.854.